The molecule has 1 saturated heterocycles. The van der Waals surface area contributed by atoms with Gasteiger partial charge in [0.15, 0.2) is 0 Å². The van der Waals surface area contributed by atoms with Gasteiger partial charge in [0, 0.05) is 56.3 Å². The van der Waals surface area contributed by atoms with Crippen LogP contribution in [0.1, 0.15) is 22.3 Å². The highest BCUT2D eigenvalue weighted by Gasteiger charge is 2.39. The van der Waals surface area contributed by atoms with E-state index in [-0.39, 0.29) is 24.0 Å². The first-order chi connectivity index (χ1) is 15.8. The molecule has 0 unspecified atom stereocenters. The molecule has 9 heteroatoms. The number of benzene rings is 2. The largest absolute Gasteiger partial charge is 0.497 e. The van der Waals surface area contributed by atoms with Crippen LogP contribution in [-0.4, -0.2) is 81.4 Å². The Balaban J connectivity index is 1.48. The summed E-state index contributed by atoms with van der Waals surface area (Å²) in [6.45, 7) is 2.61. The van der Waals surface area contributed by atoms with E-state index in [0.717, 1.165) is 23.3 Å². The fraction of sp³-hybridized carbons (Fsp3) is 0.417. The molecule has 2 aliphatic heterocycles. The fourth-order valence-electron chi connectivity index (χ4n) is 4.47. The summed E-state index contributed by atoms with van der Waals surface area (Å²) in [5.41, 5.74) is 2.47. The third-order valence-electron chi connectivity index (χ3n) is 6.28. The number of hydrogen-bond acceptors (Lipinski definition) is 6. The molecule has 0 saturated carbocycles. The van der Waals surface area contributed by atoms with E-state index >= 15 is 0 Å². The van der Waals surface area contributed by atoms with Crippen LogP contribution in [0.2, 0.25) is 0 Å². The third kappa shape index (κ3) is 5.13. The number of carbonyl (C=O) groups excluding carboxylic acids is 2. The zero-order valence-corrected chi connectivity index (χ0v) is 19.8. The topological polar surface area (TPSA) is 87.2 Å². The summed E-state index contributed by atoms with van der Waals surface area (Å²) in [5.74, 6) is 0.226. The lowest BCUT2D eigenvalue weighted by Gasteiger charge is -2.39. The quantitative estimate of drug-likeness (QED) is 0.612. The van der Waals surface area contributed by atoms with Gasteiger partial charge in [-0.25, -0.2) is 8.42 Å². The molecule has 0 N–H and O–H groups in total. The van der Waals surface area contributed by atoms with Gasteiger partial charge in [0.05, 0.1) is 12.9 Å². The normalized spacial score (nSPS) is 17.2. The fourth-order valence-corrected chi connectivity index (χ4v) is 5.12. The van der Waals surface area contributed by atoms with Gasteiger partial charge < -0.3 is 19.4 Å². The van der Waals surface area contributed by atoms with E-state index in [4.69, 9.17) is 4.74 Å². The third-order valence-corrected chi connectivity index (χ3v) is 7.26. The van der Waals surface area contributed by atoms with Crippen LogP contribution in [0.4, 0.5) is 5.69 Å². The highest BCUT2D eigenvalue weighted by Crippen LogP contribution is 2.27. The number of methoxy groups -OCH3 is 1. The summed E-state index contributed by atoms with van der Waals surface area (Å²) in [4.78, 5) is 32.0. The number of ether oxygens (including phenoxy) is 1. The summed E-state index contributed by atoms with van der Waals surface area (Å²) in [5, 5.41) is 0. The Bertz CT molecular complexity index is 1140. The molecule has 0 bridgehead atoms. The van der Waals surface area contributed by atoms with E-state index in [2.05, 4.69) is 4.90 Å². The first-order valence-corrected chi connectivity index (χ1v) is 13.1. The van der Waals surface area contributed by atoms with Gasteiger partial charge in [-0.2, -0.15) is 0 Å². The maximum atomic E-state index is 13.5. The summed E-state index contributed by atoms with van der Waals surface area (Å²) in [6.07, 6.45) is 1.25. The van der Waals surface area contributed by atoms with Gasteiger partial charge in [0.25, 0.3) is 5.91 Å². The van der Waals surface area contributed by atoms with Crippen LogP contribution in [0.3, 0.4) is 0 Å². The Morgan fingerprint density at radius 2 is 1.79 bits per heavy atom. The number of piperazine rings is 1. The van der Waals surface area contributed by atoms with Crippen LogP contribution >= 0.6 is 0 Å². The Kier molecular flexibility index (Phi) is 6.60. The van der Waals surface area contributed by atoms with Crippen molar-refractivity contribution in [3.05, 3.63) is 59.7 Å². The van der Waals surface area contributed by atoms with Crippen LogP contribution in [-0.2, 0) is 21.2 Å². The van der Waals surface area contributed by atoms with Gasteiger partial charge in [-0.1, -0.05) is 24.3 Å². The van der Waals surface area contributed by atoms with Crippen molar-refractivity contribution in [2.45, 2.75) is 19.0 Å². The highest BCUT2D eigenvalue weighted by atomic mass is 32.2. The van der Waals surface area contributed by atoms with Crippen molar-refractivity contribution in [1.82, 2.24) is 9.80 Å². The van der Waals surface area contributed by atoms with Crippen LogP contribution in [0.15, 0.2) is 48.5 Å². The molecule has 33 heavy (non-hydrogen) atoms. The van der Waals surface area contributed by atoms with E-state index in [9.17, 15) is 18.0 Å². The van der Waals surface area contributed by atoms with Crippen molar-refractivity contribution in [2.75, 3.05) is 50.2 Å². The van der Waals surface area contributed by atoms with Crippen molar-refractivity contribution in [2.24, 2.45) is 0 Å². The van der Waals surface area contributed by atoms with Gasteiger partial charge in [-0.3, -0.25) is 9.59 Å². The molecule has 2 aliphatic rings. The number of hydrogen-bond donors (Lipinski definition) is 0. The number of nitrogens with zero attached hydrogens (tertiary/aromatic N) is 3. The molecule has 2 aromatic carbocycles. The molecule has 4 rings (SSSR count). The number of anilines is 1. The number of fused-ring (bicyclic) bond motifs is 1. The predicted molar refractivity (Wildman–Crippen MR) is 126 cm³/mol. The summed E-state index contributed by atoms with van der Waals surface area (Å²) in [6, 6.07) is 14.3. The van der Waals surface area contributed by atoms with Crippen LogP contribution < -0.4 is 9.64 Å². The maximum Gasteiger partial charge on any atom is 0.255 e. The first-order valence-electron chi connectivity index (χ1n) is 11.0. The minimum Gasteiger partial charge on any atom is -0.497 e. The van der Waals surface area contributed by atoms with E-state index < -0.39 is 15.9 Å². The van der Waals surface area contributed by atoms with E-state index in [1.54, 1.807) is 24.1 Å². The lowest BCUT2D eigenvalue weighted by Crippen LogP contribution is -2.55. The minimum absolute atomic E-state index is 0.0908. The summed E-state index contributed by atoms with van der Waals surface area (Å²) < 4.78 is 29.0. The molecule has 8 nitrogen and oxygen atoms in total. The van der Waals surface area contributed by atoms with Crippen LogP contribution in [0, 0.1) is 0 Å². The van der Waals surface area contributed by atoms with Gasteiger partial charge in [0.2, 0.25) is 5.91 Å². The molecule has 0 aromatic heterocycles. The lowest BCUT2D eigenvalue weighted by atomic mass is 10.1. The molecular formula is C24H29N3O5S. The molecule has 176 valence electrons. The Labute approximate surface area is 194 Å². The van der Waals surface area contributed by atoms with E-state index in [1.807, 2.05) is 36.4 Å². The second-order valence-electron chi connectivity index (χ2n) is 8.54. The van der Waals surface area contributed by atoms with Crippen LogP contribution in [0.5, 0.6) is 5.75 Å². The zero-order valence-electron chi connectivity index (χ0n) is 18.9. The molecule has 2 aromatic rings. The molecule has 0 spiro atoms. The monoisotopic (exact) mass is 471 g/mol. The second-order valence-corrected chi connectivity index (χ2v) is 10.8. The average Bonchev–Trinajstić information content (AvgIpc) is 3.15. The smallest absolute Gasteiger partial charge is 0.255 e. The first kappa shape index (κ1) is 23.1. The van der Waals surface area contributed by atoms with Crippen LogP contribution in [0.25, 0.3) is 0 Å². The van der Waals surface area contributed by atoms with E-state index in [0.29, 0.717) is 38.3 Å². The molecule has 2 heterocycles. The number of carbonyl (C=O) groups is 2. The second kappa shape index (κ2) is 9.43. The van der Waals surface area contributed by atoms with Crippen molar-refractivity contribution < 1.29 is 22.7 Å². The lowest BCUT2D eigenvalue weighted by molar-refractivity contribution is -0.136. The molecule has 1 atom stereocenters. The van der Waals surface area contributed by atoms with E-state index in [1.165, 1.54) is 4.90 Å². The van der Waals surface area contributed by atoms with Crippen molar-refractivity contribution in [3.63, 3.8) is 0 Å². The molecular weight excluding hydrogens is 442 g/mol. The molecule has 0 radical (unpaired) electrons. The van der Waals surface area contributed by atoms with Crippen molar-refractivity contribution in [1.29, 1.82) is 0 Å². The van der Waals surface area contributed by atoms with Crippen molar-refractivity contribution >= 4 is 27.3 Å². The average molecular weight is 472 g/mol. The van der Waals surface area contributed by atoms with Gasteiger partial charge >= 0.3 is 0 Å². The minimum atomic E-state index is -3.28. The SMILES string of the molecule is COc1cccc(N2CCN(C(=O)[C@@H](CCS(C)(=O)=O)N3Cc4ccccc4C3=O)CC2)c1. The Hall–Kier alpha value is -3.07. The number of rotatable bonds is 7. The number of amides is 2. The maximum absolute atomic E-state index is 13.5. The highest BCUT2D eigenvalue weighted by molar-refractivity contribution is 7.90. The Morgan fingerprint density at radius 3 is 2.45 bits per heavy atom. The van der Waals surface area contributed by atoms with Gasteiger partial charge in [-0.15, -0.1) is 0 Å². The standard InChI is InChI=1S/C24H29N3O5S/c1-32-20-8-5-7-19(16-20)25-11-13-26(14-12-25)24(29)22(10-15-33(2,30)31)27-17-18-6-3-4-9-21(18)23(27)28/h3-9,16,22H,10-15,17H2,1-2H3/t22-/m1/s1. The predicted octanol–water partition coefficient (Wildman–Crippen LogP) is 1.80. The molecule has 0 aliphatic carbocycles. The number of sulfone groups is 1. The summed E-state index contributed by atoms with van der Waals surface area (Å²) >= 11 is 0. The van der Waals surface area contributed by atoms with Crippen molar-refractivity contribution in [3.8, 4) is 5.75 Å². The molecule has 2 amide bonds. The summed E-state index contributed by atoms with van der Waals surface area (Å²) in [7, 11) is -1.65. The Morgan fingerprint density at radius 1 is 1.06 bits per heavy atom. The zero-order chi connectivity index (χ0) is 23.6. The van der Waals surface area contributed by atoms with Gasteiger partial charge in [-0.05, 0) is 30.2 Å². The molecule has 1 fully saturated rings. The van der Waals surface area contributed by atoms with Gasteiger partial charge in [0.1, 0.15) is 21.6 Å².